The summed E-state index contributed by atoms with van der Waals surface area (Å²) in [5.74, 6) is 1.09. The summed E-state index contributed by atoms with van der Waals surface area (Å²) in [7, 11) is 0. The number of hydrogen-bond acceptors (Lipinski definition) is 2. The van der Waals surface area contributed by atoms with Crippen molar-refractivity contribution in [1.29, 1.82) is 0 Å². The third-order valence-electron chi connectivity index (χ3n) is 13.3. The Balaban J connectivity index is 0.972. The highest BCUT2D eigenvalue weighted by molar-refractivity contribution is 6.12. The molecule has 3 nitrogen and oxygen atoms in total. The fourth-order valence-corrected chi connectivity index (χ4v) is 10.4. The van der Waals surface area contributed by atoms with Crippen LogP contribution in [0.25, 0.3) is 76.5 Å². The lowest BCUT2D eigenvalue weighted by molar-refractivity contribution is 0.269. The second kappa shape index (κ2) is 14.2. The third-order valence-corrected chi connectivity index (χ3v) is 13.3. The Morgan fingerprint density at radius 1 is 0.444 bits per heavy atom. The number of nitrogens with zero attached hydrogens (tertiary/aromatic N) is 2. The smallest absolute Gasteiger partial charge is 0.128 e. The molecule has 0 radical (unpaired) electrons. The van der Waals surface area contributed by atoms with Crippen LogP contribution in [0.5, 0.6) is 5.75 Å². The summed E-state index contributed by atoms with van der Waals surface area (Å²) < 4.78 is 8.98. The van der Waals surface area contributed by atoms with Crippen molar-refractivity contribution in [3.63, 3.8) is 0 Å². The van der Waals surface area contributed by atoms with Crippen LogP contribution in [0.1, 0.15) is 17.0 Å². The molecule has 0 fully saturated rings. The number of aromatic nitrogens is 1. The van der Waals surface area contributed by atoms with Gasteiger partial charge < -0.3 is 14.2 Å². The molecule has 1 aromatic heterocycles. The summed E-state index contributed by atoms with van der Waals surface area (Å²) >= 11 is 0. The Kier molecular flexibility index (Phi) is 8.04. The molecule has 2 aliphatic rings. The number of rotatable bonds is 6. The first-order valence-electron chi connectivity index (χ1n) is 21.8. The van der Waals surface area contributed by atoms with Crippen LogP contribution in [0.15, 0.2) is 231 Å². The molecular formula is C60H40N2O. The molecule has 2 atom stereocenters. The van der Waals surface area contributed by atoms with Crippen molar-refractivity contribution in [3.8, 4) is 22.6 Å². The minimum atomic E-state index is -0.0358. The maximum absolute atomic E-state index is 6.58. The molecule has 0 N–H and O–H groups in total. The molecule has 2 heterocycles. The Morgan fingerprint density at radius 2 is 1.10 bits per heavy atom. The average Bonchev–Trinajstić information content (AvgIpc) is 3.88. The van der Waals surface area contributed by atoms with Crippen LogP contribution in [-0.4, -0.2) is 10.7 Å². The van der Waals surface area contributed by atoms with Crippen LogP contribution < -0.4 is 9.64 Å². The quantitative estimate of drug-likeness (QED) is 0.156. The van der Waals surface area contributed by atoms with Crippen LogP contribution in [0.2, 0.25) is 0 Å². The van der Waals surface area contributed by atoms with Gasteiger partial charge in [-0.2, -0.15) is 0 Å². The number of ether oxygens (including phenoxy) is 1. The van der Waals surface area contributed by atoms with Crippen molar-refractivity contribution >= 4 is 76.8 Å². The number of benzene rings is 10. The van der Waals surface area contributed by atoms with Gasteiger partial charge in [0.15, 0.2) is 0 Å². The van der Waals surface area contributed by atoms with E-state index in [0.29, 0.717) is 0 Å². The predicted molar refractivity (Wildman–Crippen MR) is 264 cm³/mol. The minimum absolute atomic E-state index is 0.0358. The van der Waals surface area contributed by atoms with E-state index < -0.39 is 0 Å². The number of para-hydroxylation sites is 3. The van der Waals surface area contributed by atoms with E-state index in [2.05, 4.69) is 240 Å². The standard InChI is InChI=1S/C60H40N2O/c1-2-15-42-37-60-55(35-41(42)14-1)54-36-43(30-34-59(54)63-60)49-19-5-8-24-56(49)61(45-16-11-17-46(38-45)62-57-25-9-6-20-52(57)53-21-7-10-26-58(53)62)44-31-27-40(28-32-44)48-22-12-23-50-47-18-4-3-13-39(47)29-33-51(48)50/h1-38,54,59H. The van der Waals surface area contributed by atoms with E-state index in [9.17, 15) is 0 Å². The summed E-state index contributed by atoms with van der Waals surface area (Å²) in [6.07, 6.45) is 6.89. The van der Waals surface area contributed by atoms with Crippen molar-refractivity contribution in [2.75, 3.05) is 4.90 Å². The van der Waals surface area contributed by atoms with E-state index >= 15 is 0 Å². The zero-order valence-corrected chi connectivity index (χ0v) is 34.4. The molecule has 0 bridgehead atoms. The molecule has 10 aromatic carbocycles. The SMILES string of the molecule is C1=CC2Oc3cc4ccccc4cc3C2C=C1c1ccccc1N(c1ccc(-c2cccc3c2ccc2ccccc23)cc1)c1cccc(-n2c3ccccc3c3ccccc32)c1. The van der Waals surface area contributed by atoms with E-state index in [1.54, 1.807) is 0 Å². The molecular weight excluding hydrogens is 765 g/mol. The summed E-state index contributed by atoms with van der Waals surface area (Å²) in [6, 6.07) is 77.4. The van der Waals surface area contributed by atoms with Gasteiger partial charge in [-0.15, -0.1) is 0 Å². The monoisotopic (exact) mass is 804 g/mol. The first-order chi connectivity index (χ1) is 31.2. The van der Waals surface area contributed by atoms with E-state index in [4.69, 9.17) is 4.74 Å². The van der Waals surface area contributed by atoms with E-state index in [-0.39, 0.29) is 12.0 Å². The fraction of sp³-hybridized carbons (Fsp3) is 0.0333. The highest BCUT2D eigenvalue weighted by atomic mass is 16.5. The van der Waals surface area contributed by atoms with E-state index in [1.807, 2.05) is 0 Å². The van der Waals surface area contributed by atoms with Crippen molar-refractivity contribution in [1.82, 2.24) is 4.57 Å². The topological polar surface area (TPSA) is 17.4 Å². The molecule has 3 heteroatoms. The molecule has 0 spiro atoms. The summed E-state index contributed by atoms with van der Waals surface area (Å²) in [6.45, 7) is 0. The molecule has 2 unspecified atom stereocenters. The predicted octanol–water partition coefficient (Wildman–Crippen LogP) is 15.9. The molecule has 296 valence electrons. The normalized spacial score (nSPS) is 15.5. The zero-order chi connectivity index (χ0) is 41.4. The maximum atomic E-state index is 6.58. The van der Waals surface area contributed by atoms with Gasteiger partial charge >= 0.3 is 0 Å². The second-order valence-corrected chi connectivity index (χ2v) is 16.8. The molecule has 63 heavy (non-hydrogen) atoms. The van der Waals surface area contributed by atoms with Gasteiger partial charge in [-0.1, -0.05) is 164 Å². The molecule has 13 rings (SSSR count). The fourth-order valence-electron chi connectivity index (χ4n) is 10.4. The Morgan fingerprint density at radius 3 is 1.90 bits per heavy atom. The van der Waals surface area contributed by atoms with Crippen molar-refractivity contribution in [2.24, 2.45) is 0 Å². The molecule has 1 aliphatic carbocycles. The second-order valence-electron chi connectivity index (χ2n) is 16.8. The van der Waals surface area contributed by atoms with Crippen LogP contribution in [0.3, 0.4) is 0 Å². The summed E-state index contributed by atoms with van der Waals surface area (Å²) in [5.41, 5.74) is 12.7. The molecule has 0 saturated carbocycles. The van der Waals surface area contributed by atoms with Gasteiger partial charge in [-0.3, -0.25) is 0 Å². The third kappa shape index (κ3) is 5.74. The number of hydrogen-bond donors (Lipinski definition) is 0. The van der Waals surface area contributed by atoms with E-state index in [0.717, 1.165) is 34.1 Å². The molecule has 0 amide bonds. The highest BCUT2D eigenvalue weighted by Gasteiger charge is 2.34. The van der Waals surface area contributed by atoms with Gasteiger partial charge in [0.05, 0.1) is 16.7 Å². The Bertz CT molecular complexity index is 3630. The van der Waals surface area contributed by atoms with Crippen molar-refractivity contribution in [3.05, 3.63) is 242 Å². The largest absolute Gasteiger partial charge is 0.485 e. The van der Waals surface area contributed by atoms with Gasteiger partial charge in [-0.25, -0.2) is 0 Å². The minimum Gasteiger partial charge on any atom is -0.485 e. The van der Waals surface area contributed by atoms with Gasteiger partial charge in [0.25, 0.3) is 0 Å². The summed E-state index contributed by atoms with van der Waals surface area (Å²) in [5, 5.41) is 9.99. The number of anilines is 3. The lowest BCUT2D eigenvalue weighted by atomic mass is 9.85. The van der Waals surface area contributed by atoms with Gasteiger partial charge in [0, 0.05) is 44.9 Å². The van der Waals surface area contributed by atoms with Crippen molar-refractivity contribution in [2.45, 2.75) is 12.0 Å². The van der Waals surface area contributed by atoms with Gasteiger partial charge in [0.1, 0.15) is 11.9 Å². The first-order valence-corrected chi connectivity index (χ1v) is 21.8. The Labute approximate surface area is 365 Å². The van der Waals surface area contributed by atoms with E-state index in [1.165, 1.54) is 76.4 Å². The lowest BCUT2D eigenvalue weighted by Gasteiger charge is -2.29. The molecule has 1 aliphatic heterocycles. The zero-order valence-electron chi connectivity index (χ0n) is 34.4. The number of fused-ring (bicyclic) bond motifs is 10. The highest BCUT2D eigenvalue weighted by Crippen LogP contribution is 2.48. The Hall–Kier alpha value is -8.14. The van der Waals surface area contributed by atoms with Crippen LogP contribution in [0, 0.1) is 0 Å². The first kappa shape index (κ1) is 35.6. The lowest BCUT2D eigenvalue weighted by Crippen LogP contribution is -2.18. The maximum Gasteiger partial charge on any atom is 0.128 e. The van der Waals surface area contributed by atoms with Crippen LogP contribution in [0.4, 0.5) is 17.1 Å². The van der Waals surface area contributed by atoms with Crippen molar-refractivity contribution < 1.29 is 4.74 Å². The van der Waals surface area contributed by atoms with Gasteiger partial charge in [-0.05, 0) is 116 Å². The van der Waals surface area contributed by atoms with Crippen LogP contribution in [-0.2, 0) is 0 Å². The van der Waals surface area contributed by atoms with Gasteiger partial charge in [0.2, 0.25) is 0 Å². The van der Waals surface area contributed by atoms with Crippen LogP contribution >= 0.6 is 0 Å². The average molecular weight is 805 g/mol. The molecule has 11 aromatic rings. The number of allylic oxidation sites excluding steroid dienone is 2. The summed E-state index contributed by atoms with van der Waals surface area (Å²) in [4.78, 5) is 2.43. The molecule has 0 saturated heterocycles.